The molecule has 8 nitrogen and oxygen atoms in total. The Morgan fingerprint density at radius 1 is 1.21 bits per heavy atom. The predicted molar refractivity (Wildman–Crippen MR) is 136 cm³/mol. The van der Waals surface area contributed by atoms with E-state index in [0.29, 0.717) is 33.9 Å². The first-order chi connectivity index (χ1) is 15.6. The molecule has 0 bridgehead atoms. The topological polar surface area (TPSA) is 86.0 Å². The molecule has 0 aliphatic carbocycles. The summed E-state index contributed by atoms with van der Waals surface area (Å²) in [7, 11) is 0. The van der Waals surface area contributed by atoms with Crippen molar-refractivity contribution in [2.75, 3.05) is 10.6 Å². The quantitative estimate of drug-likeness (QED) is 0.324. The number of hydrogen-bond donors (Lipinski definition) is 2. The Morgan fingerprint density at radius 2 is 1.94 bits per heavy atom. The summed E-state index contributed by atoms with van der Waals surface area (Å²) in [5.41, 5.74) is 3.97. The summed E-state index contributed by atoms with van der Waals surface area (Å²) in [4.78, 5) is 12.4. The molecule has 0 saturated carbocycles. The number of ether oxygens (including phenoxy) is 1. The number of carbonyl (C=O) groups excluding carboxylic acids is 1. The van der Waals surface area contributed by atoms with Crippen LogP contribution in [0.5, 0.6) is 0 Å². The average Bonchev–Trinajstić information content (AvgIpc) is 3.25. The molecule has 2 aromatic heterocycles. The fraction of sp³-hybridized carbons (Fsp3) is 0.364. The highest BCUT2D eigenvalue weighted by Gasteiger charge is 2.21. The maximum atomic E-state index is 12.4. The smallest absolute Gasteiger partial charge is 0.361 e. The minimum absolute atomic E-state index is 0.177. The van der Waals surface area contributed by atoms with E-state index in [-0.39, 0.29) is 11.8 Å². The Kier molecular flexibility index (Phi) is 7.99. The van der Waals surface area contributed by atoms with Gasteiger partial charge in [0.1, 0.15) is 0 Å². The number of rotatable bonds is 7. The van der Waals surface area contributed by atoms with E-state index >= 15 is 0 Å². The first-order valence-electron chi connectivity index (χ1n) is 10.4. The Morgan fingerprint density at radius 3 is 2.58 bits per heavy atom. The number of hydrogen-bond acceptors (Lipinski definition) is 5. The minimum atomic E-state index is -0.512. The minimum Gasteiger partial charge on any atom is -0.458 e. The molecule has 0 unspecified atom stereocenters. The van der Waals surface area contributed by atoms with Crippen LogP contribution in [-0.2, 0) is 17.8 Å². The van der Waals surface area contributed by atoms with Crippen molar-refractivity contribution < 1.29 is 9.53 Å². The molecule has 0 amide bonds. The fourth-order valence-electron chi connectivity index (χ4n) is 3.21. The standard InChI is InChI=1S/C22H26Cl2N6O2S/c1-6-29-11-18(20(28-29)21(31)32-12(2)3)25-22(33)26-19-13(4)27-30(14(19)5)10-15-7-8-16(23)9-17(15)24/h7-9,11-12H,6,10H2,1-5H3,(H2,25,26,33). The number of aromatic nitrogens is 4. The van der Waals surface area contributed by atoms with Crippen molar-refractivity contribution in [3.05, 3.63) is 57.1 Å². The number of thiocarbonyl (C=S) groups is 1. The molecule has 0 aliphatic rings. The lowest BCUT2D eigenvalue weighted by molar-refractivity contribution is 0.0371. The van der Waals surface area contributed by atoms with E-state index in [1.54, 1.807) is 36.9 Å². The molecule has 3 rings (SSSR count). The van der Waals surface area contributed by atoms with E-state index in [4.69, 9.17) is 40.2 Å². The number of nitrogens with zero attached hydrogens (tertiary/aromatic N) is 4. The lowest BCUT2D eigenvalue weighted by Gasteiger charge is -2.12. The molecule has 0 radical (unpaired) electrons. The van der Waals surface area contributed by atoms with Crippen LogP contribution in [0.1, 0.15) is 48.2 Å². The summed E-state index contributed by atoms with van der Waals surface area (Å²) in [6.07, 6.45) is 1.46. The summed E-state index contributed by atoms with van der Waals surface area (Å²) in [5, 5.41) is 16.6. The number of aryl methyl sites for hydroxylation is 2. The summed E-state index contributed by atoms with van der Waals surface area (Å²) in [6.45, 7) is 10.4. The van der Waals surface area contributed by atoms with Gasteiger partial charge in [0.15, 0.2) is 10.8 Å². The first kappa shape index (κ1) is 25.0. The number of anilines is 2. The number of nitrogens with one attached hydrogen (secondary N) is 2. The van der Waals surface area contributed by atoms with Crippen molar-refractivity contribution in [2.45, 2.75) is 53.8 Å². The van der Waals surface area contributed by atoms with Crippen LogP contribution in [0.4, 0.5) is 11.4 Å². The van der Waals surface area contributed by atoms with Gasteiger partial charge in [0, 0.05) is 22.8 Å². The second kappa shape index (κ2) is 10.5. The zero-order chi connectivity index (χ0) is 24.3. The largest absolute Gasteiger partial charge is 0.458 e. The van der Waals surface area contributed by atoms with Crippen molar-refractivity contribution in [3.8, 4) is 0 Å². The van der Waals surface area contributed by atoms with E-state index in [1.807, 2.05) is 31.5 Å². The third-order valence-electron chi connectivity index (χ3n) is 4.83. The molecular weight excluding hydrogens is 483 g/mol. The third-order valence-corrected chi connectivity index (χ3v) is 5.62. The molecule has 0 atom stereocenters. The van der Waals surface area contributed by atoms with Crippen molar-refractivity contribution in [3.63, 3.8) is 0 Å². The van der Waals surface area contributed by atoms with Gasteiger partial charge >= 0.3 is 5.97 Å². The lowest BCUT2D eigenvalue weighted by Crippen LogP contribution is -2.22. The molecule has 0 spiro atoms. The molecule has 3 aromatic rings. The summed E-state index contributed by atoms with van der Waals surface area (Å²) < 4.78 is 8.79. The van der Waals surface area contributed by atoms with Gasteiger partial charge in [-0.05, 0) is 64.5 Å². The van der Waals surface area contributed by atoms with Gasteiger partial charge in [0.25, 0.3) is 0 Å². The van der Waals surface area contributed by atoms with E-state index in [9.17, 15) is 4.79 Å². The van der Waals surface area contributed by atoms with Crippen molar-refractivity contribution in [1.29, 1.82) is 0 Å². The number of esters is 1. The maximum absolute atomic E-state index is 12.4. The van der Waals surface area contributed by atoms with Gasteiger partial charge in [-0.15, -0.1) is 0 Å². The molecule has 0 aliphatic heterocycles. The van der Waals surface area contributed by atoms with Gasteiger partial charge in [0.2, 0.25) is 0 Å². The molecule has 2 heterocycles. The molecule has 176 valence electrons. The van der Waals surface area contributed by atoms with Crippen LogP contribution in [0.15, 0.2) is 24.4 Å². The highest BCUT2D eigenvalue weighted by atomic mass is 35.5. The van der Waals surface area contributed by atoms with E-state index in [2.05, 4.69) is 20.8 Å². The van der Waals surface area contributed by atoms with Crippen LogP contribution in [0, 0.1) is 13.8 Å². The van der Waals surface area contributed by atoms with Crippen LogP contribution in [0.3, 0.4) is 0 Å². The predicted octanol–water partition coefficient (Wildman–Crippen LogP) is 5.45. The highest BCUT2D eigenvalue weighted by molar-refractivity contribution is 7.80. The summed E-state index contributed by atoms with van der Waals surface area (Å²) >= 11 is 17.8. The second-order valence-electron chi connectivity index (χ2n) is 7.72. The maximum Gasteiger partial charge on any atom is 0.361 e. The molecule has 1 aromatic carbocycles. The molecular formula is C22H26Cl2N6O2S. The van der Waals surface area contributed by atoms with E-state index in [1.165, 1.54) is 0 Å². The molecule has 2 N–H and O–H groups in total. The van der Waals surface area contributed by atoms with Crippen LogP contribution in [-0.4, -0.2) is 36.7 Å². The normalized spacial score (nSPS) is 11.0. The lowest BCUT2D eigenvalue weighted by atomic mass is 10.2. The highest BCUT2D eigenvalue weighted by Crippen LogP contribution is 2.25. The van der Waals surface area contributed by atoms with Gasteiger partial charge in [-0.1, -0.05) is 29.3 Å². The van der Waals surface area contributed by atoms with Crippen molar-refractivity contribution in [2.24, 2.45) is 0 Å². The van der Waals surface area contributed by atoms with Gasteiger partial charge in [-0.25, -0.2) is 4.79 Å². The van der Waals surface area contributed by atoms with E-state index in [0.717, 1.165) is 22.6 Å². The van der Waals surface area contributed by atoms with Crippen LogP contribution in [0.25, 0.3) is 0 Å². The average molecular weight is 509 g/mol. The zero-order valence-electron chi connectivity index (χ0n) is 19.1. The molecule has 0 fully saturated rings. The van der Waals surface area contributed by atoms with Crippen molar-refractivity contribution in [1.82, 2.24) is 19.6 Å². The SMILES string of the molecule is CCn1cc(NC(=S)Nc2c(C)nn(Cc3ccc(Cl)cc3Cl)c2C)c(C(=O)OC(C)C)n1. The Labute approximate surface area is 208 Å². The second-order valence-corrected chi connectivity index (χ2v) is 8.97. The Balaban J connectivity index is 1.77. The molecule has 0 saturated heterocycles. The van der Waals surface area contributed by atoms with Crippen LogP contribution >= 0.6 is 35.4 Å². The van der Waals surface area contributed by atoms with Gasteiger partial charge in [-0.3, -0.25) is 9.36 Å². The first-order valence-corrected chi connectivity index (χ1v) is 11.6. The third kappa shape index (κ3) is 6.04. The monoisotopic (exact) mass is 508 g/mol. The number of benzene rings is 1. The fourth-order valence-corrected chi connectivity index (χ4v) is 3.89. The van der Waals surface area contributed by atoms with Crippen molar-refractivity contribution >= 4 is 57.9 Å². The molecule has 11 heteroatoms. The van der Waals surface area contributed by atoms with Gasteiger partial charge < -0.3 is 15.4 Å². The molecule has 33 heavy (non-hydrogen) atoms. The van der Waals surface area contributed by atoms with E-state index < -0.39 is 5.97 Å². The number of halogens is 2. The zero-order valence-corrected chi connectivity index (χ0v) is 21.4. The van der Waals surface area contributed by atoms with Gasteiger partial charge in [-0.2, -0.15) is 10.2 Å². The van der Waals surface area contributed by atoms with Gasteiger partial charge in [0.05, 0.1) is 35.4 Å². The summed E-state index contributed by atoms with van der Waals surface area (Å²) in [5.74, 6) is -0.512. The van der Waals surface area contributed by atoms with Crippen LogP contribution in [0.2, 0.25) is 10.0 Å². The Hall–Kier alpha value is -2.62. The number of carbonyl (C=O) groups is 1. The Bertz CT molecular complexity index is 1190. The summed E-state index contributed by atoms with van der Waals surface area (Å²) in [6, 6.07) is 5.38. The van der Waals surface area contributed by atoms with Crippen LogP contribution < -0.4 is 10.6 Å².